The largest absolute Gasteiger partial charge is 0.491 e. The summed E-state index contributed by atoms with van der Waals surface area (Å²) in [4.78, 5) is 20.5. The Morgan fingerprint density at radius 3 is 2.69 bits per heavy atom. The summed E-state index contributed by atoms with van der Waals surface area (Å²) in [6.07, 6.45) is 2.38. The van der Waals surface area contributed by atoms with Crippen LogP contribution in [0.25, 0.3) is 11.5 Å². The quantitative estimate of drug-likeness (QED) is 0.700. The van der Waals surface area contributed by atoms with Crippen LogP contribution in [0.4, 0.5) is 5.69 Å². The van der Waals surface area contributed by atoms with Gasteiger partial charge in [-0.25, -0.2) is 0 Å². The molecule has 0 spiro atoms. The molecule has 1 N–H and O–H groups in total. The summed E-state index contributed by atoms with van der Waals surface area (Å²) in [6, 6.07) is 12.7. The Bertz CT molecular complexity index is 845. The van der Waals surface area contributed by atoms with Crippen molar-refractivity contribution in [2.75, 3.05) is 5.32 Å². The molecule has 134 valence electrons. The highest BCUT2D eigenvalue weighted by Crippen LogP contribution is 2.17. The lowest BCUT2D eigenvalue weighted by molar-refractivity contribution is -0.116. The van der Waals surface area contributed by atoms with E-state index in [9.17, 15) is 4.79 Å². The molecule has 0 unspecified atom stereocenters. The number of carbonyl (C=O) groups excluding carboxylic acids is 1. The van der Waals surface area contributed by atoms with Gasteiger partial charge in [0.25, 0.3) is 0 Å². The fourth-order valence-electron chi connectivity index (χ4n) is 2.29. The topological polar surface area (TPSA) is 90.1 Å². The van der Waals surface area contributed by atoms with E-state index in [0.717, 1.165) is 5.75 Å². The van der Waals surface area contributed by atoms with Crippen LogP contribution in [-0.4, -0.2) is 27.1 Å². The molecule has 0 aliphatic carbocycles. The maximum absolute atomic E-state index is 12.1. The fourth-order valence-corrected chi connectivity index (χ4v) is 2.29. The molecule has 0 atom stereocenters. The van der Waals surface area contributed by atoms with Crippen LogP contribution < -0.4 is 10.1 Å². The van der Waals surface area contributed by atoms with Crippen molar-refractivity contribution in [2.45, 2.75) is 32.8 Å². The highest BCUT2D eigenvalue weighted by Gasteiger charge is 2.11. The van der Waals surface area contributed by atoms with Crippen LogP contribution in [-0.2, 0) is 11.2 Å². The van der Waals surface area contributed by atoms with Crippen LogP contribution in [0.2, 0.25) is 0 Å². The van der Waals surface area contributed by atoms with Crippen molar-refractivity contribution in [1.29, 1.82) is 0 Å². The number of hydrogen-bond acceptors (Lipinski definition) is 6. The van der Waals surface area contributed by atoms with Crippen LogP contribution >= 0.6 is 0 Å². The first kappa shape index (κ1) is 17.6. The lowest BCUT2D eigenvalue weighted by atomic mass is 10.2. The van der Waals surface area contributed by atoms with Crippen LogP contribution in [0.15, 0.2) is 53.2 Å². The molecule has 0 aliphatic heterocycles. The monoisotopic (exact) mass is 352 g/mol. The van der Waals surface area contributed by atoms with Gasteiger partial charge < -0.3 is 14.6 Å². The average molecular weight is 352 g/mol. The first-order valence-corrected chi connectivity index (χ1v) is 8.41. The maximum atomic E-state index is 12.1. The van der Waals surface area contributed by atoms with E-state index < -0.39 is 0 Å². The van der Waals surface area contributed by atoms with Gasteiger partial charge in [-0.2, -0.15) is 4.98 Å². The number of benzene rings is 1. The third kappa shape index (κ3) is 4.89. The number of nitrogens with zero attached hydrogens (tertiary/aromatic N) is 3. The predicted molar refractivity (Wildman–Crippen MR) is 96.7 cm³/mol. The molecule has 1 aromatic carbocycles. The van der Waals surface area contributed by atoms with E-state index in [4.69, 9.17) is 9.26 Å². The van der Waals surface area contributed by atoms with Crippen molar-refractivity contribution < 1.29 is 14.1 Å². The predicted octanol–water partition coefficient (Wildman–Crippen LogP) is 3.49. The molecular formula is C19H20N4O3. The van der Waals surface area contributed by atoms with Crippen LogP contribution in [0.1, 0.15) is 26.2 Å². The lowest BCUT2D eigenvalue weighted by Gasteiger charge is -2.10. The van der Waals surface area contributed by atoms with Crippen molar-refractivity contribution in [3.63, 3.8) is 0 Å². The minimum atomic E-state index is -0.125. The van der Waals surface area contributed by atoms with E-state index in [1.54, 1.807) is 12.3 Å². The van der Waals surface area contributed by atoms with Gasteiger partial charge in [0, 0.05) is 24.7 Å². The maximum Gasteiger partial charge on any atom is 0.227 e. The number of ether oxygens (including phenoxy) is 1. The second-order valence-corrected chi connectivity index (χ2v) is 5.97. The average Bonchev–Trinajstić information content (AvgIpc) is 3.11. The van der Waals surface area contributed by atoms with Gasteiger partial charge in [0.2, 0.25) is 17.6 Å². The molecule has 3 rings (SSSR count). The Labute approximate surface area is 151 Å². The van der Waals surface area contributed by atoms with Gasteiger partial charge in [-0.05, 0) is 50.2 Å². The molecule has 1 amide bonds. The number of anilines is 1. The van der Waals surface area contributed by atoms with Gasteiger partial charge in [-0.15, -0.1) is 0 Å². The fraction of sp³-hybridized carbons (Fsp3) is 0.263. The molecule has 0 fully saturated rings. The number of amides is 1. The third-order valence-corrected chi connectivity index (χ3v) is 3.44. The zero-order valence-corrected chi connectivity index (χ0v) is 14.7. The number of carbonyl (C=O) groups is 1. The number of aryl methyl sites for hydroxylation is 1. The van der Waals surface area contributed by atoms with Gasteiger partial charge in [0.15, 0.2) is 0 Å². The number of hydrogen-bond donors (Lipinski definition) is 1. The molecule has 0 radical (unpaired) electrons. The third-order valence-electron chi connectivity index (χ3n) is 3.44. The Kier molecular flexibility index (Phi) is 5.58. The Hall–Kier alpha value is -3.22. The molecule has 0 aliphatic rings. The Morgan fingerprint density at radius 2 is 2.00 bits per heavy atom. The second-order valence-electron chi connectivity index (χ2n) is 5.97. The molecule has 0 bridgehead atoms. The number of nitrogens with one attached hydrogen (secondary N) is 1. The van der Waals surface area contributed by atoms with Gasteiger partial charge in [0.05, 0.1) is 6.10 Å². The van der Waals surface area contributed by atoms with Crippen molar-refractivity contribution in [3.8, 4) is 17.3 Å². The van der Waals surface area contributed by atoms with Gasteiger partial charge in [-0.1, -0.05) is 11.2 Å². The first-order valence-electron chi connectivity index (χ1n) is 8.41. The number of pyridine rings is 1. The van der Waals surface area contributed by atoms with E-state index >= 15 is 0 Å². The summed E-state index contributed by atoms with van der Waals surface area (Å²) in [6.45, 7) is 3.93. The summed E-state index contributed by atoms with van der Waals surface area (Å²) in [7, 11) is 0. The van der Waals surface area contributed by atoms with Crippen molar-refractivity contribution in [2.24, 2.45) is 0 Å². The summed E-state index contributed by atoms with van der Waals surface area (Å²) >= 11 is 0. The van der Waals surface area contributed by atoms with Gasteiger partial charge in [-0.3, -0.25) is 9.78 Å². The molecule has 2 heterocycles. The van der Waals surface area contributed by atoms with E-state index in [0.29, 0.717) is 29.5 Å². The summed E-state index contributed by atoms with van der Waals surface area (Å²) in [5.41, 5.74) is 1.35. The summed E-state index contributed by atoms with van der Waals surface area (Å²) in [5, 5.41) is 6.72. The van der Waals surface area contributed by atoms with E-state index in [1.807, 2.05) is 50.2 Å². The molecular weight excluding hydrogens is 332 g/mol. The standard InChI is InChI=1S/C19H20N4O3/c1-13(2)25-15-8-6-14(7-9-15)21-17(24)10-11-18-22-19(23-26-18)16-5-3-4-12-20-16/h3-9,12-13H,10-11H2,1-2H3,(H,21,24). The highest BCUT2D eigenvalue weighted by molar-refractivity contribution is 5.90. The molecule has 0 saturated carbocycles. The zero-order chi connectivity index (χ0) is 18.4. The molecule has 2 aromatic heterocycles. The smallest absolute Gasteiger partial charge is 0.227 e. The van der Waals surface area contributed by atoms with Crippen molar-refractivity contribution >= 4 is 11.6 Å². The second kappa shape index (κ2) is 8.24. The summed E-state index contributed by atoms with van der Waals surface area (Å²) < 4.78 is 10.7. The van der Waals surface area contributed by atoms with E-state index in [-0.39, 0.29) is 18.4 Å². The Balaban J connectivity index is 1.50. The molecule has 0 saturated heterocycles. The lowest BCUT2D eigenvalue weighted by Crippen LogP contribution is -2.12. The van der Waals surface area contributed by atoms with E-state index in [2.05, 4.69) is 20.4 Å². The zero-order valence-electron chi connectivity index (χ0n) is 14.7. The van der Waals surface area contributed by atoms with Crippen LogP contribution in [0, 0.1) is 0 Å². The molecule has 3 aromatic rings. The van der Waals surface area contributed by atoms with Gasteiger partial charge >= 0.3 is 0 Å². The van der Waals surface area contributed by atoms with Crippen molar-refractivity contribution in [3.05, 3.63) is 54.6 Å². The first-order chi connectivity index (χ1) is 12.6. The van der Waals surface area contributed by atoms with Crippen molar-refractivity contribution in [1.82, 2.24) is 15.1 Å². The van der Waals surface area contributed by atoms with Crippen LogP contribution in [0.5, 0.6) is 5.75 Å². The number of aromatic nitrogens is 3. The minimum Gasteiger partial charge on any atom is -0.491 e. The van der Waals surface area contributed by atoms with Gasteiger partial charge in [0.1, 0.15) is 11.4 Å². The minimum absolute atomic E-state index is 0.112. The van der Waals surface area contributed by atoms with E-state index in [1.165, 1.54) is 0 Å². The highest BCUT2D eigenvalue weighted by atomic mass is 16.5. The molecule has 7 nitrogen and oxygen atoms in total. The Morgan fingerprint density at radius 1 is 1.19 bits per heavy atom. The SMILES string of the molecule is CC(C)Oc1ccc(NC(=O)CCc2nc(-c3ccccn3)no2)cc1. The van der Waals surface area contributed by atoms with Crippen LogP contribution in [0.3, 0.4) is 0 Å². The molecule has 7 heteroatoms. The number of rotatable bonds is 7. The normalized spacial score (nSPS) is 10.7. The summed E-state index contributed by atoms with van der Waals surface area (Å²) in [5.74, 6) is 1.47. The molecule has 26 heavy (non-hydrogen) atoms.